The van der Waals surface area contributed by atoms with Crippen molar-refractivity contribution < 1.29 is 9.13 Å². The fraction of sp³-hybridized carbons (Fsp3) is 0.667. The van der Waals surface area contributed by atoms with Crippen molar-refractivity contribution in [2.45, 2.75) is 44.6 Å². The number of benzene rings is 1. The Morgan fingerprint density at radius 3 is 2.62 bits per heavy atom. The molecule has 3 rings (SSSR count). The summed E-state index contributed by atoms with van der Waals surface area (Å²) in [5, 5.41) is 3.63. The standard InChI is InChI=1S/C18H26FNO/c19-18-4-2-1-3-16(18)12-15(13-20-17-5-6-17)11-14-7-9-21-10-8-14/h1-4,14-15,17,20H,5-13H2. The summed E-state index contributed by atoms with van der Waals surface area (Å²) in [4.78, 5) is 0. The molecule has 1 N–H and O–H groups in total. The summed E-state index contributed by atoms with van der Waals surface area (Å²) in [6.45, 7) is 2.82. The summed E-state index contributed by atoms with van der Waals surface area (Å²) in [5.41, 5.74) is 0.868. The number of halogens is 1. The van der Waals surface area contributed by atoms with Crippen LogP contribution in [-0.2, 0) is 11.2 Å². The third kappa shape index (κ3) is 4.79. The highest BCUT2D eigenvalue weighted by molar-refractivity contribution is 5.18. The van der Waals surface area contributed by atoms with Crippen molar-refractivity contribution in [1.29, 1.82) is 0 Å². The molecular weight excluding hydrogens is 265 g/mol. The van der Waals surface area contributed by atoms with Gasteiger partial charge >= 0.3 is 0 Å². The highest BCUT2D eigenvalue weighted by atomic mass is 19.1. The van der Waals surface area contributed by atoms with Crippen LogP contribution in [0.5, 0.6) is 0 Å². The minimum Gasteiger partial charge on any atom is -0.381 e. The van der Waals surface area contributed by atoms with Crippen molar-refractivity contribution in [2.24, 2.45) is 11.8 Å². The maximum Gasteiger partial charge on any atom is 0.126 e. The van der Waals surface area contributed by atoms with Gasteiger partial charge in [-0.25, -0.2) is 4.39 Å². The van der Waals surface area contributed by atoms with Crippen LogP contribution in [0.15, 0.2) is 24.3 Å². The van der Waals surface area contributed by atoms with Crippen LogP contribution in [0, 0.1) is 17.7 Å². The Kier molecular flexibility index (Phi) is 5.26. The van der Waals surface area contributed by atoms with E-state index >= 15 is 0 Å². The first-order valence-corrected chi connectivity index (χ1v) is 8.36. The monoisotopic (exact) mass is 291 g/mol. The molecule has 1 heterocycles. The number of hydrogen-bond donors (Lipinski definition) is 1. The predicted octanol–water partition coefficient (Wildman–Crippen LogP) is 3.55. The maximum absolute atomic E-state index is 13.9. The summed E-state index contributed by atoms with van der Waals surface area (Å²) in [5.74, 6) is 1.23. The first-order chi connectivity index (χ1) is 10.3. The largest absolute Gasteiger partial charge is 0.381 e. The highest BCUT2D eigenvalue weighted by Crippen LogP contribution is 2.27. The summed E-state index contributed by atoms with van der Waals surface area (Å²) in [6, 6.07) is 7.95. The lowest BCUT2D eigenvalue weighted by atomic mass is 9.85. The number of rotatable bonds is 7. The molecule has 2 fully saturated rings. The summed E-state index contributed by atoms with van der Waals surface area (Å²) in [6.07, 6.45) is 6.99. The van der Waals surface area contributed by atoms with Gasteiger partial charge in [0.25, 0.3) is 0 Å². The molecule has 3 heteroatoms. The Bertz CT molecular complexity index is 441. The van der Waals surface area contributed by atoms with E-state index in [1.165, 1.54) is 19.3 Å². The van der Waals surface area contributed by atoms with E-state index in [0.717, 1.165) is 56.5 Å². The van der Waals surface area contributed by atoms with E-state index in [1.807, 2.05) is 12.1 Å². The molecule has 1 unspecified atom stereocenters. The molecule has 1 aromatic rings. The normalized spacial score (nSPS) is 21.4. The summed E-state index contributed by atoms with van der Waals surface area (Å²) >= 11 is 0. The van der Waals surface area contributed by atoms with Crippen LogP contribution in [0.4, 0.5) is 4.39 Å². The van der Waals surface area contributed by atoms with Crippen LogP contribution in [0.1, 0.15) is 37.7 Å². The van der Waals surface area contributed by atoms with Crippen LogP contribution >= 0.6 is 0 Å². The lowest BCUT2D eigenvalue weighted by Crippen LogP contribution is -2.29. The Hall–Kier alpha value is -0.930. The molecule has 1 saturated carbocycles. The molecule has 0 radical (unpaired) electrons. The zero-order chi connectivity index (χ0) is 14.5. The Morgan fingerprint density at radius 1 is 1.14 bits per heavy atom. The second-order valence-electron chi connectivity index (χ2n) is 6.64. The molecule has 1 atom stereocenters. The van der Waals surface area contributed by atoms with Gasteiger partial charge in [0.05, 0.1) is 0 Å². The van der Waals surface area contributed by atoms with Gasteiger partial charge in [-0.2, -0.15) is 0 Å². The van der Waals surface area contributed by atoms with E-state index in [-0.39, 0.29) is 5.82 Å². The second kappa shape index (κ2) is 7.37. The molecule has 0 aromatic heterocycles. The molecule has 1 aromatic carbocycles. The zero-order valence-electron chi connectivity index (χ0n) is 12.7. The molecule has 1 aliphatic carbocycles. The first kappa shape index (κ1) is 15.0. The Labute approximate surface area is 127 Å². The molecule has 116 valence electrons. The minimum absolute atomic E-state index is 0.0547. The van der Waals surface area contributed by atoms with Crippen molar-refractivity contribution >= 4 is 0 Å². The molecule has 0 bridgehead atoms. The Balaban J connectivity index is 1.58. The summed E-state index contributed by atoms with van der Waals surface area (Å²) < 4.78 is 19.4. The van der Waals surface area contributed by atoms with E-state index in [0.29, 0.717) is 5.92 Å². The van der Waals surface area contributed by atoms with Gasteiger partial charge in [0, 0.05) is 19.3 Å². The van der Waals surface area contributed by atoms with Crippen molar-refractivity contribution in [3.05, 3.63) is 35.6 Å². The third-order valence-electron chi connectivity index (χ3n) is 4.75. The molecular formula is C18H26FNO. The van der Waals surface area contributed by atoms with E-state index in [4.69, 9.17) is 4.74 Å². The molecule has 0 spiro atoms. The van der Waals surface area contributed by atoms with Crippen LogP contribution in [-0.4, -0.2) is 25.8 Å². The zero-order valence-corrected chi connectivity index (χ0v) is 12.7. The predicted molar refractivity (Wildman–Crippen MR) is 82.8 cm³/mol. The lowest BCUT2D eigenvalue weighted by molar-refractivity contribution is 0.0584. The quantitative estimate of drug-likeness (QED) is 0.829. The topological polar surface area (TPSA) is 21.3 Å². The lowest BCUT2D eigenvalue weighted by Gasteiger charge is -2.27. The molecule has 2 nitrogen and oxygen atoms in total. The number of nitrogens with one attached hydrogen (secondary N) is 1. The Morgan fingerprint density at radius 2 is 1.90 bits per heavy atom. The molecule has 0 amide bonds. The molecule has 1 aliphatic heterocycles. The van der Waals surface area contributed by atoms with E-state index in [2.05, 4.69) is 5.32 Å². The fourth-order valence-corrected chi connectivity index (χ4v) is 3.29. The van der Waals surface area contributed by atoms with E-state index in [1.54, 1.807) is 12.1 Å². The van der Waals surface area contributed by atoms with Crippen molar-refractivity contribution in [1.82, 2.24) is 5.32 Å². The van der Waals surface area contributed by atoms with Crippen LogP contribution in [0.2, 0.25) is 0 Å². The fourth-order valence-electron chi connectivity index (χ4n) is 3.29. The average Bonchev–Trinajstić information content (AvgIpc) is 3.32. The van der Waals surface area contributed by atoms with Crippen LogP contribution in [0.3, 0.4) is 0 Å². The first-order valence-electron chi connectivity index (χ1n) is 8.36. The maximum atomic E-state index is 13.9. The average molecular weight is 291 g/mol. The molecule has 21 heavy (non-hydrogen) atoms. The van der Waals surface area contributed by atoms with Gasteiger partial charge in [0.1, 0.15) is 5.82 Å². The van der Waals surface area contributed by atoms with Gasteiger partial charge in [-0.15, -0.1) is 0 Å². The number of ether oxygens (including phenoxy) is 1. The van der Waals surface area contributed by atoms with E-state index in [9.17, 15) is 4.39 Å². The smallest absolute Gasteiger partial charge is 0.126 e. The third-order valence-corrected chi connectivity index (χ3v) is 4.75. The van der Waals surface area contributed by atoms with Gasteiger partial charge in [-0.1, -0.05) is 18.2 Å². The summed E-state index contributed by atoms with van der Waals surface area (Å²) in [7, 11) is 0. The SMILES string of the molecule is Fc1ccccc1CC(CNC1CC1)CC1CCOCC1. The van der Waals surface area contributed by atoms with Gasteiger partial charge < -0.3 is 10.1 Å². The number of hydrogen-bond acceptors (Lipinski definition) is 2. The van der Waals surface area contributed by atoms with Gasteiger partial charge in [0.15, 0.2) is 0 Å². The molecule has 1 saturated heterocycles. The van der Waals surface area contributed by atoms with Gasteiger partial charge in [-0.05, 0) is 68.5 Å². The van der Waals surface area contributed by atoms with Crippen molar-refractivity contribution in [3.63, 3.8) is 0 Å². The van der Waals surface area contributed by atoms with Crippen molar-refractivity contribution in [2.75, 3.05) is 19.8 Å². The van der Waals surface area contributed by atoms with Crippen LogP contribution < -0.4 is 5.32 Å². The molecule has 2 aliphatic rings. The van der Waals surface area contributed by atoms with Gasteiger partial charge in [0.2, 0.25) is 0 Å². The van der Waals surface area contributed by atoms with Crippen molar-refractivity contribution in [3.8, 4) is 0 Å². The van der Waals surface area contributed by atoms with E-state index < -0.39 is 0 Å². The van der Waals surface area contributed by atoms with Gasteiger partial charge in [-0.3, -0.25) is 0 Å². The highest BCUT2D eigenvalue weighted by Gasteiger charge is 2.24. The van der Waals surface area contributed by atoms with Crippen LogP contribution in [0.25, 0.3) is 0 Å². The minimum atomic E-state index is -0.0547. The second-order valence-corrected chi connectivity index (χ2v) is 6.64.